The highest BCUT2D eigenvalue weighted by Crippen LogP contribution is 2.22. The van der Waals surface area contributed by atoms with Crippen LogP contribution < -0.4 is 0 Å². The first-order valence-corrected chi connectivity index (χ1v) is 7.48. The van der Waals surface area contributed by atoms with E-state index in [2.05, 4.69) is 4.98 Å². The topological polar surface area (TPSA) is 30.0 Å². The molecule has 0 atom stereocenters. The predicted octanol–water partition coefficient (Wildman–Crippen LogP) is 4.35. The predicted molar refractivity (Wildman–Crippen MR) is 83.2 cm³/mol. The minimum Gasteiger partial charge on any atom is -0.293 e. The number of hydrogen-bond acceptors (Lipinski definition) is 3. The summed E-state index contributed by atoms with van der Waals surface area (Å²) < 4.78 is 13.1. The number of thioether (sulfide) groups is 1. The lowest BCUT2D eigenvalue weighted by Crippen LogP contribution is -2.03. The van der Waals surface area contributed by atoms with Gasteiger partial charge in [-0.1, -0.05) is 24.3 Å². The summed E-state index contributed by atoms with van der Waals surface area (Å²) in [6, 6.07) is 15.5. The second-order valence-corrected chi connectivity index (χ2v) is 5.59. The Kier molecular flexibility index (Phi) is 3.97. The number of halogens is 1. The average Bonchev–Trinajstić information content (AvgIpc) is 2.52. The highest BCUT2D eigenvalue weighted by Gasteiger charge is 2.11. The Morgan fingerprint density at radius 2 is 1.95 bits per heavy atom. The molecule has 0 saturated carbocycles. The van der Waals surface area contributed by atoms with Crippen molar-refractivity contribution in [1.82, 2.24) is 4.98 Å². The molecule has 0 unspecified atom stereocenters. The largest absolute Gasteiger partial charge is 0.293 e. The van der Waals surface area contributed by atoms with E-state index in [4.69, 9.17) is 0 Å². The molecule has 0 aliphatic heterocycles. The molecule has 0 bridgehead atoms. The lowest BCUT2D eigenvalue weighted by atomic mass is 10.1. The van der Waals surface area contributed by atoms with Crippen molar-refractivity contribution in [3.63, 3.8) is 0 Å². The summed E-state index contributed by atoms with van der Waals surface area (Å²) in [6.07, 6.45) is 1.71. The zero-order valence-corrected chi connectivity index (χ0v) is 11.9. The maximum Gasteiger partial charge on any atom is 0.173 e. The number of benzene rings is 2. The molecule has 0 fully saturated rings. The third kappa shape index (κ3) is 3.11. The van der Waals surface area contributed by atoms with Gasteiger partial charge in [-0.25, -0.2) is 4.39 Å². The van der Waals surface area contributed by atoms with Gasteiger partial charge in [-0.3, -0.25) is 9.78 Å². The SMILES string of the molecule is O=C(CSc1cccc(F)c1)c1cccc2ncccc12. The molecular weight excluding hydrogens is 285 g/mol. The monoisotopic (exact) mass is 297 g/mol. The molecule has 1 aromatic heterocycles. The van der Waals surface area contributed by atoms with Crippen LogP contribution in [0.5, 0.6) is 0 Å². The normalized spacial score (nSPS) is 10.7. The van der Waals surface area contributed by atoms with Crippen LogP contribution in [0.4, 0.5) is 4.39 Å². The molecule has 4 heteroatoms. The van der Waals surface area contributed by atoms with E-state index >= 15 is 0 Å². The van der Waals surface area contributed by atoms with Gasteiger partial charge >= 0.3 is 0 Å². The van der Waals surface area contributed by atoms with Gasteiger partial charge in [-0.05, 0) is 30.3 Å². The highest BCUT2D eigenvalue weighted by molar-refractivity contribution is 8.00. The van der Waals surface area contributed by atoms with Gasteiger partial charge in [0.15, 0.2) is 5.78 Å². The van der Waals surface area contributed by atoms with E-state index in [-0.39, 0.29) is 17.4 Å². The van der Waals surface area contributed by atoms with Crippen molar-refractivity contribution < 1.29 is 9.18 Å². The lowest BCUT2D eigenvalue weighted by molar-refractivity contribution is 0.102. The van der Waals surface area contributed by atoms with Gasteiger partial charge in [0.1, 0.15) is 5.82 Å². The fraction of sp³-hybridized carbons (Fsp3) is 0.0588. The first kappa shape index (κ1) is 13.8. The van der Waals surface area contributed by atoms with Crippen LogP contribution in [-0.2, 0) is 0 Å². The van der Waals surface area contributed by atoms with Crippen LogP contribution in [0.1, 0.15) is 10.4 Å². The quantitative estimate of drug-likeness (QED) is 0.530. The first-order chi connectivity index (χ1) is 10.2. The number of ketones is 1. The summed E-state index contributed by atoms with van der Waals surface area (Å²) in [5.41, 5.74) is 1.46. The molecule has 104 valence electrons. The van der Waals surface area contributed by atoms with Gasteiger partial charge in [0.25, 0.3) is 0 Å². The summed E-state index contributed by atoms with van der Waals surface area (Å²) in [5.74, 6) is 0.00181. The standard InChI is InChI=1S/C17H12FNOS/c18-12-4-1-5-13(10-12)21-11-17(20)15-6-2-8-16-14(15)7-3-9-19-16/h1-10H,11H2. The second-order valence-electron chi connectivity index (χ2n) is 4.54. The Hall–Kier alpha value is -2.20. The van der Waals surface area contributed by atoms with Crippen LogP contribution in [0, 0.1) is 5.82 Å². The van der Waals surface area contributed by atoms with Crippen molar-refractivity contribution in [1.29, 1.82) is 0 Å². The first-order valence-electron chi connectivity index (χ1n) is 6.49. The maximum atomic E-state index is 13.1. The number of aromatic nitrogens is 1. The lowest BCUT2D eigenvalue weighted by Gasteiger charge is -2.05. The van der Waals surface area contributed by atoms with Crippen LogP contribution in [0.15, 0.2) is 65.7 Å². The molecule has 3 rings (SSSR count). The third-order valence-corrected chi connectivity index (χ3v) is 4.11. The van der Waals surface area contributed by atoms with Gasteiger partial charge in [0.05, 0.1) is 11.3 Å². The number of carbonyl (C=O) groups excluding carboxylic acids is 1. The van der Waals surface area contributed by atoms with Gasteiger partial charge in [0.2, 0.25) is 0 Å². The Balaban J connectivity index is 1.81. The zero-order valence-electron chi connectivity index (χ0n) is 11.1. The molecule has 0 N–H and O–H groups in total. The molecule has 0 radical (unpaired) electrons. The van der Waals surface area contributed by atoms with Gasteiger partial charge in [0, 0.05) is 22.0 Å². The average molecular weight is 297 g/mol. The fourth-order valence-corrected chi connectivity index (χ4v) is 2.95. The third-order valence-electron chi connectivity index (χ3n) is 3.11. The number of Topliss-reactive ketones (excluding diaryl/α,β-unsaturated/α-hetero) is 1. The van der Waals surface area contributed by atoms with Crippen molar-refractivity contribution >= 4 is 28.4 Å². The maximum absolute atomic E-state index is 13.1. The van der Waals surface area contributed by atoms with E-state index in [0.717, 1.165) is 15.8 Å². The van der Waals surface area contributed by atoms with E-state index < -0.39 is 0 Å². The van der Waals surface area contributed by atoms with Gasteiger partial charge < -0.3 is 0 Å². The Bertz CT molecular complexity index is 798. The van der Waals surface area contributed by atoms with Gasteiger partial charge in [-0.15, -0.1) is 11.8 Å². The molecule has 2 nitrogen and oxygen atoms in total. The van der Waals surface area contributed by atoms with Crippen LogP contribution in [0.3, 0.4) is 0 Å². The minimum atomic E-state index is -0.290. The molecule has 1 heterocycles. The van der Waals surface area contributed by atoms with E-state index in [1.165, 1.54) is 23.9 Å². The molecule has 2 aromatic carbocycles. The summed E-state index contributed by atoms with van der Waals surface area (Å²) in [5, 5.41) is 0.852. The van der Waals surface area contributed by atoms with Crippen molar-refractivity contribution in [2.75, 3.05) is 5.75 Å². The van der Waals surface area contributed by atoms with E-state index in [1.54, 1.807) is 24.4 Å². The molecule has 0 spiro atoms. The Morgan fingerprint density at radius 1 is 1.10 bits per heavy atom. The molecule has 0 aliphatic carbocycles. The van der Waals surface area contributed by atoms with Crippen LogP contribution >= 0.6 is 11.8 Å². The van der Waals surface area contributed by atoms with E-state index in [0.29, 0.717) is 5.56 Å². The second kappa shape index (κ2) is 6.06. The van der Waals surface area contributed by atoms with Crippen LogP contribution in [0.25, 0.3) is 10.9 Å². The minimum absolute atomic E-state index is 0.0165. The number of pyridine rings is 1. The summed E-state index contributed by atoms with van der Waals surface area (Å²) in [4.78, 5) is 17.4. The summed E-state index contributed by atoms with van der Waals surface area (Å²) in [7, 11) is 0. The fourth-order valence-electron chi connectivity index (χ4n) is 2.13. The number of rotatable bonds is 4. The molecule has 0 amide bonds. The Labute approximate surface area is 126 Å². The van der Waals surface area contributed by atoms with Gasteiger partial charge in [-0.2, -0.15) is 0 Å². The van der Waals surface area contributed by atoms with Crippen LogP contribution in [-0.4, -0.2) is 16.5 Å². The molecular formula is C17H12FNOS. The summed E-state index contributed by atoms with van der Waals surface area (Å²) >= 11 is 1.34. The molecule has 3 aromatic rings. The smallest absolute Gasteiger partial charge is 0.173 e. The van der Waals surface area contributed by atoms with Crippen molar-refractivity contribution in [2.24, 2.45) is 0 Å². The number of nitrogens with zero attached hydrogens (tertiary/aromatic N) is 1. The molecule has 0 saturated heterocycles. The zero-order chi connectivity index (χ0) is 14.7. The summed E-state index contributed by atoms with van der Waals surface area (Å²) in [6.45, 7) is 0. The van der Waals surface area contributed by atoms with Crippen molar-refractivity contribution in [3.05, 3.63) is 72.2 Å². The number of carbonyl (C=O) groups is 1. The number of fused-ring (bicyclic) bond motifs is 1. The number of hydrogen-bond donors (Lipinski definition) is 0. The molecule has 21 heavy (non-hydrogen) atoms. The molecule has 0 aliphatic rings. The van der Waals surface area contributed by atoms with E-state index in [1.807, 2.05) is 24.3 Å². The van der Waals surface area contributed by atoms with Crippen molar-refractivity contribution in [2.45, 2.75) is 4.90 Å². The highest BCUT2D eigenvalue weighted by atomic mass is 32.2. The van der Waals surface area contributed by atoms with Crippen molar-refractivity contribution in [3.8, 4) is 0 Å². The van der Waals surface area contributed by atoms with Crippen LogP contribution in [0.2, 0.25) is 0 Å². The Morgan fingerprint density at radius 3 is 2.81 bits per heavy atom. The van der Waals surface area contributed by atoms with E-state index in [9.17, 15) is 9.18 Å².